The fourth-order valence-corrected chi connectivity index (χ4v) is 4.34. The number of halogens is 1. The number of nitrogens with zero attached hydrogens (tertiary/aromatic N) is 2. The van der Waals surface area contributed by atoms with E-state index in [2.05, 4.69) is 22.3 Å². The largest absolute Gasteiger partial charge is 0.377 e. The molecule has 8 heteroatoms. The maximum absolute atomic E-state index is 12.3. The lowest BCUT2D eigenvalue weighted by molar-refractivity contribution is 0.133. The lowest BCUT2D eigenvalue weighted by Gasteiger charge is -2.39. The van der Waals surface area contributed by atoms with Gasteiger partial charge in [0.2, 0.25) is 0 Å². The normalized spacial score (nSPS) is 18.7. The van der Waals surface area contributed by atoms with Crippen LogP contribution >= 0.6 is 24.0 Å². The first-order chi connectivity index (χ1) is 12.3. The minimum absolute atomic E-state index is 0. The van der Waals surface area contributed by atoms with E-state index in [1.165, 1.54) is 0 Å². The Labute approximate surface area is 180 Å². The molecule has 6 nitrogen and oxygen atoms in total. The number of rotatable bonds is 6. The van der Waals surface area contributed by atoms with Gasteiger partial charge in [0.05, 0.1) is 23.7 Å². The van der Waals surface area contributed by atoms with Crippen molar-refractivity contribution in [1.29, 1.82) is 0 Å². The van der Waals surface area contributed by atoms with Gasteiger partial charge in [0, 0.05) is 26.2 Å². The van der Waals surface area contributed by atoms with Crippen LogP contribution in [0.25, 0.3) is 0 Å². The number of sulfone groups is 1. The minimum atomic E-state index is -3.07. The van der Waals surface area contributed by atoms with Gasteiger partial charge in [0.1, 0.15) is 0 Å². The summed E-state index contributed by atoms with van der Waals surface area (Å²) in [5.41, 5.74) is 2.26. The molecule has 0 aromatic heterocycles. The van der Waals surface area contributed by atoms with Gasteiger partial charge in [-0.3, -0.25) is 0 Å². The van der Waals surface area contributed by atoms with Crippen LogP contribution in [-0.4, -0.2) is 56.0 Å². The van der Waals surface area contributed by atoms with Crippen molar-refractivity contribution in [2.45, 2.75) is 45.6 Å². The molecule has 1 N–H and O–H groups in total. The molecule has 27 heavy (non-hydrogen) atoms. The number of ether oxygens (including phenoxy) is 1. The summed E-state index contributed by atoms with van der Waals surface area (Å²) in [5, 5.41) is 3.30. The summed E-state index contributed by atoms with van der Waals surface area (Å²) >= 11 is 0. The van der Waals surface area contributed by atoms with Crippen molar-refractivity contribution in [1.82, 2.24) is 10.2 Å². The minimum Gasteiger partial charge on any atom is -0.377 e. The Bertz CT molecular complexity index is 735. The van der Waals surface area contributed by atoms with Crippen LogP contribution in [0.5, 0.6) is 0 Å². The maximum atomic E-state index is 12.3. The zero-order valence-corrected chi connectivity index (χ0v) is 19.8. The summed E-state index contributed by atoms with van der Waals surface area (Å²) in [6.07, 6.45) is 0. The van der Waals surface area contributed by atoms with Crippen molar-refractivity contribution < 1.29 is 13.2 Å². The Balaban J connectivity index is 0.00000364. The number of hydrogen-bond donors (Lipinski definition) is 1. The van der Waals surface area contributed by atoms with Crippen molar-refractivity contribution >= 4 is 39.8 Å². The molecule has 0 saturated carbocycles. The van der Waals surface area contributed by atoms with E-state index in [4.69, 9.17) is 9.73 Å². The average molecular weight is 509 g/mol. The predicted molar refractivity (Wildman–Crippen MR) is 121 cm³/mol. The van der Waals surface area contributed by atoms with Gasteiger partial charge in [-0.05, 0) is 38.8 Å². The molecule has 1 aliphatic heterocycles. The van der Waals surface area contributed by atoms with Gasteiger partial charge < -0.3 is 15.0 Å². The lowest BCUT2D eigenvalue weighted by Crippen LogP contribution is -2.57. The number of nitrogens with one attached hydrogen (secondary N) is 1. The first kappa shape index (κ1) is 24.2. The van der Waals surface area contributed by atoms with Crippen molar-refractivity contribution in [3.63, 3.8) is 0 Å². The average Bonchev–Trinajstić information content (AvgIpc) is 2.60. The predicted octanol–water partition coefficient (Wildman–Crippen LogP) is 2.82. The van der Waals surface area contributed by atoms with Crippen molar-refractivity contribution in [2.75, 3.05) is 32.0 Å². The van der Waals surface area contributed by atoms with E-state index in [1.807, 2.05) is 26.0 Å². The van der Waals surface area contributed by atoms with Gasteiger partial charge in [0.25, 0.3) is 0 Å². The van der Waals surface area contributed by atoms with E-state index >= 15 is 0 Å². The van der Waals surface area contributed by atoms with Crippen LogP contribution < -0.4 is 5.32 Å². The molecule has 1 heterocycles. The zero-order valence-electron chi connectivity index (χ0n) is 16.7. The number of hydrogen-bond acceptors (Lipinski definition) is 4. The summed E-state index contributed by atoms with van der Waals surface area (Å²) in [7, 11) is -3.07. The summed E-state index contributed by atoms with van der Waals surface area (Å²) < 4.78 is 29.3. The molecule has 0 unspecified atom stereocenters. The van der Waals surface area contributed by atoms with E-state index in [0.29, 0.717) is 32.8 Å². The van der Waals surface area contributed by atoms with E-state index in [0.717, 1.165) is 23.6 Å². The van der Waals surface area contributed by atoms with Crippen molar-refractivity contribution in [3.05, 3.63) is 35.4 Å². The molecular formula is C19H32IN3O3S. The second-order valence-electron chi connectivity index (χ2n) is 7.08. The third-order valence-electron chi connectivity index (χ3n) is 4.66. The Morgan fingerprint density at radius 2 is 1.93 bits per heavy atom. The van der Waals surface area contributed by atoms with Gasteiger partial charge in [-0.1, -0.05) is 24.3 Å². The molecule has 0 radical (unpaired) electrons. The van der Waals surface area contributed by atoms with Gasteiger partial charge in [-0.25, -0.2) is 13.4 Å². The molecule has 0 bridgehead atoms. The van der Waals surface area contributed by atoms with Gasteiger partial charge >= 0.3 is 0 Å². The maximum Gasteiger partial charge on any atom is 0.194 e. The molecule has 154 valence electrons. The highest BCUT2D eigenvalue weighted by molar-refractivity contribution is 14.0. The second kappa shape index (κ2) is 10.6. The summed E-state index contributed by atoms with van der Waals surface area (Å²) in [6, 6.07) is 8.13. The Morgan fingerprint density at radius 3 is 2.52 bits per heavy atom. The molecule has 0 aliphatic carbocycles. The van der Waals surface area contributed by atoms with E-state index < -0.39 is 14.6 Å². The van der Waals surface area contributed by atoms with Crippen molar-refractivity contribution in [3.8, 4) is 0 Å². The first-order valence-electron chi connectivity index (χ1n) is 9.21. The van der Waals surface area contributed by atoms with Crippen LogP contribution in [0.15, 0.2) is 29.3 Å². The van der Waals surface area contributed by atoms with E-state index in [-0.39, 0.29) is 29.7 Å². The van der Waals surface area contributed by atoms with Crippen LogP contribution in [0.2, 0.25) is 0 Å². The molecule has 1 fully saturated rings. The van der Waals surface area contributed by atoms with E-state index in [1.54, 1.807) is 13.8 Å². The topological polar surface area (TPSA) is 71.0 Å². The number of benzene rings is 1. The Kier molecular flexibility index (Phi) is 9.50. The third kappa shape index (κ3) is 6.32. The van der Waals surface area contributed by atoms with E-state index in [9.17, 15) is 8.42 Å². The Morgan fingerprint density at radius 1 is 1.26 bits per heavy atom. The highest BCUT2D eigenvalue weighted by Crippen LogP contribution is 2.24. The first-order valence-corrected chi connectivity index (χ1v) is 10.9. The monoisotopic (exact) mass is 509 g/mol. The standard InChI is InChI=1S/C19H31N3O3S.HI/c1-5-20-18(22-11-12-26(23,24)19(3,4)15-22)21-13-16-9-7-8-10-17(16)14-25-6-2;/h7-10H,5-6,11-15H2,1-4H3,(H,20,21);1H. The van der Waals surface area contributed by atoms with Crippen molar-refractivity contribution in [2.24, 2.45) is 4.99 Å². The molecule has 0 amide bonds. The molecular weight excluding hydrogens is 477 g/mol. The van der Waals surface area contributed by atoms with Gasteiger partial charge in [-0.15, -0.1) is 24.0 Å². The molecule has 0 spiro atoms. The van der Waals surface area contributed by atoms with Gasteiger partial charge in [0.15, 0.2) is 15.8 Å². The summed E-state index contributed by atoms with van der Waals surface area (Å²) in [5.74, 6) is 0.924. The van der Waals surface area contributed by atoms with Crippen LogP contribution in [0.1, 0.15) is 38.8 Å². The molecule has 0 atom stereocenters. The fourth-order valence-electron chi connectivity index (χ4n) is 2.97. The number of guanidine groups is 1. The second-order valence-corrected chi connectivity index (χ2v) is 9.82. The van der Waals surface area contributed by atoms with Gasteiger partial charge in [-0.2, -0.15) is 0 Å². The molecule has 2 rings (SSSR count). The Hall–Kier alpha value is -0.870. The third-order valence-corrected chi connectivity index (χ3v) is 7.19. The van der Waals surface area contributed by atoms with Crippen LogP contribution in [0.4, 0.5) is 0 Å². The lowest BCUT2D eigenvalue weighted by atomic mass is 10.1. The summed E-state index contributed by atoms with van der Waals surface area (Å²) in [6.45, 7) is 11.0. The number of aliphatic imine (C=N–C) groups is 1. The molecule has 1 aromatic rings. The SMILES string of the molecule is CCNC(=NCc1ccccc1COCC)N1CCS(=O)(=O)C(C)(C)C1.I. The quantitative estimate of drug-likeness (QED) is 0.363. The highest BCUT2D eigenvalue weighted by atomic mass is 127. The smallest absolute Gasteiger partial charge is 0.194 e. The van der Waals surface area contributed by atoms with Crippen LogP contribution in [0.3, 0.4) is 0 Å². The molecule has 1 aromatic carbocycles. The molecule has 1 aliphatic rings. The van der Waals surface area contributed by atoms with Crippen LogP contribution in [0, 0.1) is 0 Å². The zero-order chi connectivity index (χ0) is 19.2. The fraction of sp³-hybridized carbons (Fsp3) is 0.632. The summed E-state index contributed by atoms with van der Waals surface area (Å²) in [4.78, 5) is 6.82. The highest BCUT2D eigenvalue weighted by Gasteiger charge is 2.40. The molecule has 1 saturated heterocycles. The van der Waals surface area contributed by atoms with Crippen LogP contribution in [-0.2, 0) is 27.7 Å².